The van der Waals surface area contributed by atoms with Gasteiger partial charge in [0.1, 0.15) is 5.82 Å². The van der Waals surface area contributed by atoms with Gasteiger partial charge >= 0.3 is 0 Å². The first-order chi connectivity index (χ1) is 7.31. The minimum atomic E-state index is 0.0253. The Morgan fingerprint density at radius 3 is 3.00 bits per heavy atom. The predicted octanol–water partition coefficient (Wildman–Crippen LogP) is 0.624. The molecule has 80 valence electrons. The number of imidazole rings is 1. The van der Waals surface area contributed by atoms with Crippen LogP contribution in [0.2, 0.25) is 0 Å². The Hall–Kier alpha value is -1.24. The van der Waals surface area contributed by atoms with E-state index in [0.29, 0.717) is 0 Å². The standard InChI is InChI=1S/C9H13N5S/c1-14-3-2-11-9(14)4-7(13-10)8-5-15-6-12-8/h2-3,5-7,13H,4,10H2,1H3. The summed E-state index contributed by atoms with van der Waals surface area (Å²) in [6, 6.07) is 0.0253. The lowest BCUT2D eigenvalue weighted by Crippen LogP contribution is -2.30. The summed E-state index contributed by atoms with van der Waals surface area (Å²) in [5.41, 5.74) is 5.53. The molecule has 1 unspecified atom stereocenters. The summed E-state index contributed by atoms with van der Waals surface area (Å²) >= 11 is 1.57. The summed E-state index contributed by atoms with van der Waals surface area (Å²) in [5, 5.41) is 1.99. The SMILES string of the molecule is Cn1ccnc1CC(NN)c1cscn1. The van der Waals surface area contributed by atoms with Crippen molar-refractivity contribution in [2.24, 2.45) is 12.9 Å². The highest BCUT2D eigenvalue weighted by Gasteiger charge is 2.14. The molecule has 15 heavy (non-hydrogen) atoms. The van der Waals surface area contributed by atoms with Gasteiger partial charge in [0, 0.05) is 31.2 Å². The maximum atomic E-state index is 5.51. The Bertz CT molecular complexity index is 408. The minimum Gasteiger partial charge on any atom is -0.338 e. The molecule has 0 aromatic carbocycles. The second kappa shape index (κ2) is 4.52. The molecule has 1 atom stereocenters. The second-order valence-corrected chi connectivity index (χ2v) is 4.01. The van der Waals surface area contributed by atoms with Crippen molar-refractivity contribution in [1.82, 2.24) is 20.0 Å². The fourth-order valence-electron chi connectivity index (χ4n) is 1.42. The van der Waals surface area contributed by atoms with Gasteiger partial charge in [-0.05, 0) is 0 Å². The number of aromatic nitrogens is 3. The van der Waals surface area contributed by atoms with E-state index in [4.69, 9.17) is 5.84 Å². The largest absolute Gasteiger partial charge is 0.338 e. The van der Waals surface area contributed by atoms with Gasteiger partial charge in [0.2, 0.25) is 0 Å². The lowest BCUT2D eigenvalue weighted by atomic mass is 10.1. The third-order valence-electron chi connectivity index (χ3n) is 2.32. The van der Waals surface area contributed by atoms with Gasteiger partial charge in [-0.15, -0.1) is 11.3 Å². The quantitative estimate of drug-likeness (QED) is 0.589. The van der Waals surface area contributed by atoms with Crippen molar-refractivity contribution >= 4 is 11.3 Å². The summed E-state index contributed by atoms with van der Waals surface area (Å²) in [6.07, 6.45) is 4.44. The molecule has 2 aromatic rings. The molecule has 0 radical (unpaired) electrons. The van der Waals surface area contributed by atoms with E-state index in [0.717, 1.165) is 17.9 Å². The van der Waals surface area contributed by atoms with Crippen molar-refractivity contribution in [3.63, 3.8) is 0 Å². The highest BCUT2D eigenvalue weighted by atomic mass is 32.1. The van der Waals surface area contributed by atoms with Crippen LogP contribution >= 0.6 is 11.3 Å². The summed E-state index contributed by atoms with van der Waals surface area (Å²) in [6.45, 7) is 0. The van der Waals surface area contributed by atoms with E-state index < -0.39 is 0 Å². The first kappa shape index (κ1) is 10.3. The zero-order valence-electron chi connectivity index (χ0n) is 8.42. The van der Waals surface area contributed by atoms with Crippen LogP contribution in [0.3, 0.4) is 0 Å². The van der Waals surface area contributed by atoms with Crippen molar-refractivity contribution in [3.05, 3.63) is 34.8 Å². The summed E-state index contributed by atoms with van der Waals surface area (Å²) in [4.78, 5) is 8.49. The van der Waals surface area contributed by atoms with Crippen molar-refractivity contribution in [2.75, 3.05) is 0 Å². The molecule has 0 aliphatic rings. The highest BCUT2D eigenvalue weighted by Crippen LogP contribution is 2.16. The molecule has 0 amide bonds. The topological polar surface area (TPSA) is 68.8 Å². The third kappa shape index (κ3) is 2.23. The zero-order chi connectivity index (χ0) is 10.7. The van der Waals surface area contributed by atoms with E-state index in [1.165, 1.54) is 0 Å². The molecule has 5 nitrogen and oxygen atoms in total. The van der Waals surface area contributed by atoms with Crippen LogP contribution in [-0.2, 0) is 13.5 Å². The Morgan fingerprint density at radius 2 is 2.47 bits per heavy atom. The van der Waals surface area contributed by atoms with E-state index in [1.807, 2.05) is 23.2 Å². The van der Waals surface area contributed by atoms with Gasteiger partial charge in [0.25, 0.3) is 0 Å². The molecule has 0 saturated carbocycles. The van der Waals surface area contributed by atoms with Crippen molar-refractivity contribution in [1.29, 1.82) is 0 Å². The molecule has 6 heteroatoms. The number of thiazole rings is 1. The van der Waals surface area contributed by atoms with Crippen LogP contribution in [-0.4, -0.2) is 14.5 Å². The maximum absolute atomic E-state index is 5.51. The van der Waals surface area contributed by atoms with Gasteiger partial charge in [-0.2, -0.15) is 0 Å². The molecule has 2 aromatic heterocycles. The van der Waals surface area contributed by atoms with Gasteiger partial charge in [-0.25, -0.2) is 9.97 Å². The third-order valence-corrected chi connectivity index (χ3v) is 2.92. The molecule has 0 bridgehead atoms. The van der Waals surface area contributed by atoms with Crippen LogP contribution in [0.1, 0.15) is 17.6 Å². The van der Waals surface area contributed by atoms with Crippen LogP contribution in [0.15, 0.2) is 23.3 Å². The highest BCUT2D eigenvalue weighted by molar-refractivity contribution is 7.07. The molecule has 0 saturated heterocycles. The number of hydrogen-bond donors (Lipinski definition) is 2. The molecule has 0 aliphatic heterocycles. The number of hydrogen-bond acceptors (Lipinski definition) is 5. The lowest BCUT2D eigenvalue weighted by molar-refractivity contribution is 0.520. The fourth-order valence-corrected chi connectivity index (χ4v) is 2.03. The van der Waals surface area contributed by atoms with Crippen LogP contribution in [0.5, 0.6) is 0 Å². The molecule has 2 rings (SSSR count). The van der Waals surface area contributed by atoms with Crippen molar-refractivity contribution in [2.45, 2.75) is 12.5 Å². The van der Waals surface area contributed by atoms with E-state index in [1.54, 1.807) is 23.0 Å². The minimum absolute atomic E-state index is 0.0253. The number of aryl methyl sites for hydroxylation is 1. The molecule has 0 spiro atoms. The fraction of sp³-hybridized carbons (Fsp3) is 0.333. The lowest BCUT2D eigenvalue weighted by Gasteiger charge is -2.12. The smallest absolute Gasteiger partial charge is 0.110 e. The summed E-state index contributed by atoms with van der Waals surface area (Å²) in [7, 11) is 1.97. The van der Waals surface area contributed by atoms with Gasteiger partial charge in [0.15, 0.2) is 0 Å². The predicted molar refractivity (Wildman–Crippen MR) is 59.1 cm³/mol. The van der Waals surface area contributed by atoms with Gasteiger partial charge in [-0.1, -0.05) is 0 Å². The summed E-state index contributed by atoms with van der Waals surface area (Å²) in [5.74, 6) is 6.50. The summed E-state index contributed by atoms with van der Waals surface area (Å²) < 4.78 is 1.98. The van der Waals surface area contributed by atoms with Crippen LogP contribution < -0.4 is 11.3 Å². The number of rotatable bonds is 4. The van der Waals surface area contributed by atoms with E-state index in [-0.39, 0.29) is 6.04 Å². The first-order valence-electron chi connectivity index (χ1n) is 4.61. The Morgan fingerprint density at radius 1 is 1.60 bits per heavy atom. The number of nitrogens with two attached hydrogens (primary N) is 1. The second-order valence-electron chi connectivity index (χ2n) is 3.29. The number of hydrazine groups is 1. The van der Waals surface area contributed by atoms with E-state index in [2.05, 4.69) is 15.4 Å². The Labute approximate surface area is 91.9 Å². The Kier molecular flexibility index (Phi) is 3.10. The van der Waals surface area contributed by atoms with Gasteiger partial charge in [-0.3, -0.25) is 11.3 Å². The molecule has 3 N–H and O–H groups in total. The first-order valence-corrected chi connectivity index (χ1v) is 5.56. The number of nitrogens with one attached hydrogen (secondary N) is 1. The normalized spacial score (nSPS) is 12.9. The molecule has 0 fully saturated rings. The monoisotopic (exact) mass is 223 g/mol. The van der Waals surface area contributed by atoms with Crippen LogP contribution in [0, 0.1) is 0 Å². The molecular weight excluding hydrogens is 210 g/mol. The van der Waals surface area contributed by atoms with Crippen molar-refractivity contribution < 1.29 is 0 Å². The molecule has 0 aliphatic carbocycles. The average molecular weight is 223 g/mol. The Balaban J connectivity index is 2.13. The maximum Gasteiger partial charge on any atom is 0.110 e. The van der Waals surface area contributed by atoms with E-state index in [9.17, 15) is 0 Å². The van der Waals surface area contributed by atoms with Gasteiger partial charge in [0.05, 0.1) is 17.2 Å². The molecule has 2 heterocycles. The van der Waals surface area contributed by atoms with Gasteiger partial charge < -0.3 is 4.57 Å². The average Bonchev–Trinajstić information content (AvgIpc) is 2.86. The van der Waals surface area contributed by atoms with E-state index >= 15 is 0 Å². The zero-order valence-corrected chi connectivity index (χ0v) is 9.24. The van der Waals surface area contributed by atoms with Crippen LogP contribution in [0.4, 0.5) is 0 Å². The number of nitrogens with zero attached hydrogens (tertiary/aromatic N) is 3. The van der Waals surface area contributed by atoms with Crippen molar-refractivity contribution in [3.8, 4) is 0 Å². The molecular formula is C9H13N5S. The van der Waals surface area contributed by atoms with Crippen LogP contribution in [0.25, 0.3) is 0 Å².